The van der Waals surface area contributed by atoms with Crippen molar-refractivity contribution in [2.75, 3.05) is 0 Å². The summed E-state index contributed by atoms with van der Waals surface area (Å²) in [6.07, 6.45) is 3.81. The van der Waals surface area contributed by atoms with Crippen LogP contribution >= 0.6 is 11.8 Å². The highest BCUT2D eigenvalue weighted by Gasteiger charge is 2.25. The van der Waals surface area contributed by atoms with Crippen molar-refractivity contribution in [3.05, 3.63) is 40.9 Å². The van der Waals surface area contributed by atoms with Crippen molar-refractivity contribution in [3.63, 3.8) is 0 Å². The number of imide groups is 1. The van der Waals surface area contributed by atoms with E-state index in [1.54, 1.807) is 6.08 Å². The summed E-state index contributed by atoms with van der Waals surface area (Å²) in [6, 6.07) is 8.39. The Balaban J connectivity index is 2.15. The van der Waals surface area contributed by atoms with Gasteiger partial charge in [0, 0.05) is 28.7 Å². The summed E-state index contributed by atoms with van der Waals surface area (Å²) < 4.78 is 2.17. The van der Waals surface area contributed by atoms with Crippen LogP contribution in [-0.4, -0.2) is 15.7 Å². The number of amides is 2. The summed E-state index contributed by atoms with van der Waals surface area (Å²) in [5.41, 5.74) is 2.09. The number of benzene rings is 1. The van der Waals surface area contributed by atoms with Gasteiger partial charge in [-0.2, -0.15) is 0 Å². The van der Waals surface area contributed by atoms with Crippen LogP contribution in [-0.2, 0) is 4.79 Å². The Hall–Kier alpha value is -2.01. The minimum absolute atomic E-state index is 0.311. The first-order valence-electron chi connectivity index (χ1n) is 6.40. The fourth-order valence-corrected chi connectivity index (χ4v) is 3.01. The number of carbonyl (C=O) groups is 2. The number of hydrogen-bond donors (Lipinski definition) is 1. The van der Waals surface area contributed by atoms with E-state index in [1.807, 2.05) is 24.4 Å². The average Bonchev–Trinajstić information content (AvgIpc) is 2.92. The van der Waals surface area contributed by atoms with Crippen LogP contribution in [0.5, 0.6) is 0 Å². The lowest BCUT2D eigenvalue weighted by Gasteiger charge is -2.08. The number of rotatable bonds is 2. The maximum absolute atomic E-state index is 11.6. The molecule has 0 bridgehead atoms. The number of aromatic nitrogens is 1. The molecule has 102 valence electrons. The van der Waals surface area contributed by atoms with E-state index in [1.165, 1.54) is 0 Å². The van der Waals surface area contributed by atoms with E-state index in [9.17, 15) is 9.59 Å². The fraction of sp³-hybridized carbons (Fsp3) is 0.200. The molecule has 0 radical (unpaired) electrons. The third-order valence-corrected chi connectivity index (χ3v) is 4.07. The number of nitrogens with zero attached hydrogens (tertiary/aromatic N) is 1. The highest BCUT2D eigenvalue weighted by molar-refractivity contribution is 8.18. The summed E-state index contributed by atoms with van der Waals surface area (Å²) in [5, 5.41) is 3.05. The summed E-state index contributed by atoms with van der Waals surface area (Å²) in [7, 11) is 0. The second-order valence-electron chi connectivity index (χ2n) is 4.95. The maximum Gasteiger partial charge on any atom is 0.290 e. The van der Waals surface area contributed by atoms with Gasteiger partial charge in [0.25, 0.3) is 11.1 Å². The first-order chi connectivity index (χ1) is 9.56. The van der Waals surface area contributed by atoms with Gasteiger partial charge in [-0.15, -0.1) is 0 Å². The zero-order chi connectivity index (χ0) is 14.3. The zero-order valence-electron chi connectivity index (χ0n) is 11.2. The lowest BCUT2D eigenvalue weighted by molar-refractivity contribution is -0.115. The van der Waals surface area contributed by atoms with Crippen molar-refractivity contribution < 1.29 is 9.59 Å². The predicted molar refractivity (Wildman–Crippen MR) is 81.4 cm³/mol. The fourth-order valence-electron chi connectivity index (χ4n) is 2.34. The Labute approximate surface area is 120 Å². The Morgan fingerprint density at radius 1 is 1.25 bits per heavy atom. The van der Waals surface area contributed by atoms with Crippen LogP contribution in [0.3, 0.4) is 0 Å². The largest absolute Gasteiger partial charge is 0.344 e. The van der Waals surface area contributed by atoms with Gasteiger partial charge in [0.1, 0.15) is 0 Å². The quantitative estimate of drug-likeness (QED) is 0.859. The molecule has 2 aromatic rings. The molecule has 1 N–H and O–H groups in total. The molecule has 1 aliphatic rings. The molecule has 1 aliphatic heterocycles. The molecule has 0 aliphatic carbocycles. The normalized spacial score (nSPS) is 17.4. The molecule has 0 unspecified atom stereocenters. The molecule has 4 nitrogen and oxygen atoms in total. The van der Waals surface area contributed by atoms with E-state index in [0.717, 1.165) is 28.2 Å². The van der Waals surface area contributed by atoms with Gasteiger partial charge in [0.05, 0.1) is 4.91 Å². The summed E-state index contributed by atoms with van der Waals surface area (Å²) in [4.78, 5) is 23.3. The molecular weight excluding hydrogens is 272 g/mol. The third kappa shape index (κ3) is 2.14. The lowest BCUT2D eigenvalue weighted by atomic mass is 10.1. The molecule has 2 heterocycles. The molecule has 0 spiro atoms. The van der Waals surface area contributed by atoms with Crippen LogP contribution in [0.2, 0.25) is 0 Å². The van der Waals surface area contributed by atoms with Gasteiger partial charge in [0.15, 0.2) is 0 Å². The number of nitrogens with one attached hydrogen (secondary N) is 1. The number of thioether (sulfide) groups is 1. The molecule has 20 heavy (non-hydrogen) atoms. The first-order valence-corrected chi connectivity index (χ1v) is 7.22. The van der Waals surface area contributed by atoms with E-state index >= 15 is 0 Å². The standard InChI is InChI=1S/C15H14N2O2S/c1-9(2)17-8-10(11-5-3-4-6-12(11)17)7-13-14(18)16-15(19)20-13/h3-9H,1-2H3,(H,16,18,19)/b13-7+. The van der Waals surface area contributed by atoms with E-state index in [4.69, 9.17) is 0 Å². The minimum atomic E-state index is -0.318. The van der Waals surface area contributed by atoms with Crippen molar-refractivity contribution in [2.45, 2.75) is 19.9 Å². The minimum Gasteiger partial charge on any atom is -0.344 e. The maximum atomic E-state index is 11.6. The Morgan fingerprint density at radius 2 is 2.00 bits per heavy atom. The number of hydrogen-bond acceptors (Lipinski definition) is 3. The third-order valence-electron chi connectivity index (χ3n) is 3.26. The van der Waals surface area contributed by atoms with Crippen LogP contribution in [0, 0.1) is 0 Å². The first kappa shape index (κ1) is 13.0. The van der Waals surface area contributed by atoms with Gasteiger partial charge < -0.3 is 4.57 Å². The molecule has 1 fully saturated rings. The molecule has 2 amide bonds. The number of fused-ring (bicyclic) bond motifs is 1. The van der Waals surface area contributed by atoms with Crippen molar-refractivity contribution >= 4 is 39.9 Å². The van der Waals surface area contributed by atoms with Crippen LogP contribution in [0.15, 0.2) is 35.4 Å². The van der Waals surface area contributed by atoms with Gasteiger partial charge in [-0.1, -0.05) is 18.2 Å². The SMILES string of the molecule is CC(C)n1cc(/C=C2/SC(=O)NC2=O)c2ccccc21. The van der Waals surface area contributed by atoms with E-state index in [0.29, 0.717) is 10.9 Å². The summed E-state index contributed by atoms with van der Waals surface area (Å²) in [6.45, 7) is 4.23. The van der Waals surface area contributed by atoms with Crippen LogP contribution in [0.4, 0.5) is 4.79 Å². The molecule has 1 aromatic heterocycles. The molecular formula is C15H14N2O2S. The lowest BCUT2D eigenvalue weighted by Crippen LogP contribution is -2.17. The molecule has 1 saturated heterocycles. The molecule has 1 aromatic carbocycles. The van der Waals surface area contributed by atoms with Gasteiger partial charge >= 0.3 is 0 Å². The van der Waals surface area contributed by atoms with E-state index in [2.05, 4.69) is 29.8 Å². The number of carbonyl (C=O) groups excluding carboxylic acids is 2. The topological polar surface area (TPSA) is 51.1 Å². The van der Waals surface area contributed by atoms with Crippen LogP contribution in [0.25, 0.3) is 17.0 Å². The molecule has 0 saturated carbocycles. The highest BCUT2D eigenvalue weighted by atomic mass is 32.2. The molecule has 0 atom stereocenters. The van der Waals surface area contributed by atoms with Crippen molar-refractivity contribution in [2.24, 2.45) is 0 Å². The van der Waals surface area contributed by atoms with Crippen molar-refractivity contribution in [3.8, 4) is 0 Å². The summed E-state index contributed by atoms with van der Waals surface area (Å²) in [5.74, 6) is -0.318. The van der Waals surface area contributed by atoms with Gasteiger partial charge in [-0.3, -0.25) is 14.9 Å². The molecule has 5 heteroatoms. The average molecular weight is 286 g/mol. The van der Waals surface area contributed by atoms with Gasteiger partial charge in [-0.25, -0.2) is 0 Å². The van der Waals surface area contributed by atoms with Crippen molar-refractivity contribution in [1.29, 1.82) is 0 Å². The smallest absolute Gasteiger partial charge is 0.290 e. The van der Waals surface area contributed by atoms with Gasteiger partial charge in [0.2, 0.25) is 0 Å². The zero-order valence-corrected chi connectivity index (χ0v) is 12.0. The monoisotopic (exact) mass is 286 g/mol. The Morgan fingerprint density at radius 3 is 2.65 bits per heavy atom. The Bertz CT molecular complexity index is 743. The van der Waals surface area contributed by atoms with Crippen molar-refractivity contribution in [1.82, 2.24) is 9.88 Å². The van der Waals surface area contributed by atoms with Gasteiger partial charge in [-0.05, 0) is 37.8 Å². The van der Waals surface area contributed by atoms with E-state index < -0.39 is 0 Å². The number of para-hydroxylation sites is 1. The molecule has 3 rings (SSSR count). The van der Waals surface area contributed by atoms with Crippen LogP contribution < -0.4 is 5.32 Å². The second-order valence-corrected chi connectivity index (χ2v) is 5.97. The van der Waals surface area contributed by atoms with Crippen LogP contribution in [0.1, 0.15) is 25.5 Å². The second kappa shape index (κ2) is 4.83. The Kier molecular flexibility index (Phi) is 3.14. The summed E-state index contributed by atoms with van der Waals surface area (Å²) >= 11 is 0.947. The van der Waals surface area contributed by atoms with E-state index in [-0.39, 0.29) is 11.1 Å². The predicted octanol–water partition coefficient (Wildman–Crippen LogP) is 3.55. The highest BCUT2D eigenvalue weighted by Crippen LogP contribution is 2.30.